The van der Waals surface area contributed by atoms with Gasteiger partial charge in [0.15, 0.2) is 11.5 Å². The molecule has 25 heavy (non-hydrogen) atoms. The van der Waals surface area contributed by atoms with E-state index in [1.807, 2.05) is 12.1 Å². The minimum Gasteiger partial charge on any atom is -0.493 e. The zero-order valence-electron chi connectivity index (χ0n) is 14.4. The van der Waals surface area contributed by atoms with Gasteiger partial charge in [0.1, 0.15) is 0 Å². The number of benzene rings is 2. The highest BCUT2D eigenvalue weighted by molar-refractivity contribution is 6.21. The van der Waals surface area contributed by atoms with Crippen molar-refractivity contribution >= 4 is 11.8 Å². The lowest BCUT2D eigenvalue weighted by Gasteiger charge is -2.16. The molecule has 2 amide bonds. The summed E-state index contributed by atoms with van der Waals surface area (Å²) in [4.78, 5) is 26.1. The zero-order valence-corrected chi connectivity index (χ0v) is 14.4. The molecule has 6 heteroatoms. The third-order valence-electron chi connectivity index (χ3n) is 4.23. The Labute approximate surface area is 145 Å². The largest absolute Gasteiger partial charge is 0.493 e. The first-order chi connectivity index (χ1) is 12.1. The van der Waals surface area contributed by atoms with Crippen LogP contribution < -0.4 is 14.2 Å². The van der Waals surface area contributed by atoms with E-state index in [4.69, 9.17) is 14.2 Å². The average molecular weight is 341 g/mol. The molecule has 0 spiro atoms. The number of carbonyl (C=O) groups excluding carboxylic acids is 2. The number of rotatable bonds is 6. The summed E-state index contributed by atoms with van der Waals surface area (Å²) in [5.41, 5.74) is 1.79. The van der Waals surface area contributed by atoms with Gasteiger partial charge in [0.05, 0.1) is 32.5 Å². The van der Waals surface area contributed by atoms with Crippen LogP contribution in [0.1, 0.15) is 26.3 Å². The third kappa shape index (κ3) is 2.91. The maximum Gasteiger partial charge on any atom is 0.261 e. The summed E-state index contributed by atoms with van der Waals surface area (Å²) in [5.74, 6) is 1.08. The van der Waals surface area contributed by atoms with Crippen LogP contribution in [0.4, 0.5) is 0 Å². The second-order valence-corrected chi connectivity index (χ2v) is 5.59. The number of carbonyl (C=O) groups is 2. The SMILES string of the molecule is COc1cc(CCN2C(=O)c3ccccc3C2=O)cc(OC)c1OC. The van der Waals surface area contributed by atoms with Crippen LogP contribution in [0.3, 0.4) is 0 Å². The summed E-state index contributed by atoms with van der Waals surface area (Å²) in [5, 5.41) is 0. The number of imide groups is 1. The lowest BCUT2D eigenvalue weighted by molar-refractivity contribution is 0.0656. The highest BCUT2D eigenvalue weighted by Crippen LogP contribution is 2.38. The van der Waals surface area contributed by atoms with Crippen molar-refractivity contribution < 1.29 is 23.8 Å². The van der Waals surface area contributed by atoms with E-state index < -0.39 is 0 Å². The lowest BCUT2D eigenvalue weighted by atomic mass is 10.1. The fourth-order valence-electron chi connectivity index (χ4n) is 2.96. The molecule has 0 radical (unpaired) electrons. The van der Waals surface area contributed by atoms with Gasteiger partial charge >= 0.3 is 0 Å². The second-order valence-electron chi connectivity index (χ2n) is 5.59. The normalized spacial score (nSPS) is 13.0. The zero-order chi connectivity index (χ0) is 18.0. The van der Waals surface area contributed by atoms with Crippen molar-refractivity contribution in [3.05, 3.63) is 53.1 Å². The van der Waals surface area contributed by atoms with Crippen molar-refractivity contribution in [1.29, 1.82) is 0 Å². The molecular weight excluding hydrogens is 322 g/mol. The Hall–Kier alpha value is -3.02. The third-order valence-corrected chi connectivity index (χ3v) is 4.23. The molecule has 0 saturated carbocycles. The number of hydrogen-bond acceptors (Lipinski definition) is 5. The topological polar surface area (TPSA) is 65.1 Å². The number of methoxy groups -OCH3 is 3. The molecule has 1 aliphatic rings. The lowest BCUT2D eigenvalue weighted by Crippen LogP contribution is -2.31. The molecule has 0 unspecified atom stereocenters. The van der Waals surface area contributed by atoms with Crippen molar-refractivity contribution in [2.45, 2.75) is 6.42 Å². The number of hydrogen-bond donors (Lipinski definition) is 0. The number of ether oxygens (including phenoxy) is 3. The summed E-state index contributed by atoms with van der Waals surface area (Å²) in [6, 6.07) is 10.5. The van der Waals surface area contributed by atoms with Crippen LogP contribution in [-0.4, -0.2) is 44.6 Å². The van der Waals surface area contributed by atoms with Crippen LogP contribution in [0.5, 0.6) is 17.2 Å². The Morgan fingerprint density at radius 2 is 1.36 bits per heavy atom. The summed E-state index contributed by atoms with van der Waals surface area (Å²) in [6.07, 6.45) is 0.488. The van der Waals surface area contributed by atoms with E-state index in [2.05, 4.69) is 0 Å². The van der Waals surface area contributed by atoms with Crippen LogP contribution in [-0.2, 0) is 6.42 Å². The first-order valence-electron chi connectivity index (χ1n) is 7.84. The minimum absolute atomic E-state index is 0.256. The van der Waals surface area contributed by atoms with Crippen LogP contribution in [0.25, 0.3) is 0 Å². The van der Waals surface area contributed by atoms with E-state index in [1.54, 1.807) is 45.6 Å². The highest BCUT2D eigenvalue weighted by atomic mass is 16.5. The van der Waals surface area contributed by atoms with Crippen LogP contribution >= 0.6 is 0 Å². The molecule has 6 nitrogen and oxygen atoms in total. The van der Waals surface area contributed by atoms with Crippen LogP contribution in [0.2, 0.25) is 0 Å². The fourth-order valence-corrected chi connectivity index (χ4v) is 2.96. The summed E-state index contributed by atoms with van der Waals surface area (Å²) >= 11 is 0. The second kappa shape index (κ2) is 6.84. The van der Waals surface area contributed by atoms with E-state index in [1.165, 1.54) is 4.90 Å². The van der Waals surface area contributed by atoms with Gasteiger partial charge in [0, 0.05) is 6.54 Å². The van der Waals surface area contributed by atoms with E-state index in [9.17, 15) is 9.59 Å². The van der Waals surface area contributed by atoms with Crippen LogP contribution in [0.15, 0.2) is 36.4 Å². The Bertz CT molecular complexity index is 770. The van der Waals surface area contributed by atoms with Crippen molar-refractivity contribution in [3.63, 3.8) is 0 Å². The van der Waals surface area contributed by atoms with Gasteiger partial charge in [-0.15, -0.1) is 0 Å². The van der Waals surface area contributed by atoms with Gasteiger partial charge < -0.3 is 14.2 Å². The van der Waals surface area contributed by atoms with E-state index >= 15 is 0 Å². The Kier molecular flexibility index (Phi) is 4.61. The molecule has 130 valence electrons. The smallest absolute Gasteiger partial charge is 0.261 e. The molecule has 1 heterocycles. The number of amides is 2. The van der Waals surface area contributed by atoms with Gasteiger partial charge in [0.25, 0.3) is 11.8 Å². The minimum atomic E-state index is -0.256. The molecule has 1 aliphatic heterocycles. The van der Waals surface area contributed by atoms with Crippen molar-refractivity contribution in [2.75, 3.05) is 27.9 Å². The monoisotopic (exact) mass is 341 g/mol. The van der Waals surface area contributed by atoms with Gasteiger partial charge in [0.2, 0.25) is 5.75 Å². The predicted octanol–water partition coefficient (Wildman–Crippen LogP) is 2.55. The molecule has 0 atom stereocenters. The Balaban J connectivity index is 1.81. The summed E-state index contributed by atoms with van der Waals surface area (Å²) < 4.78 is 16.0. The van der Waals surface area contributed by atoms with Gasteiger partial charge in [-0.25, -0.2) is 0 Å². The van der Waals surface area contributed by atoms with Crippen molar-refractivity contribution in [1.82, 2.24) is 4.90 Å². The molecule has 3 rings (SSSR count). The van der Waals surface area contributed by atoms with Crippen molar-refractivity contribution in [3.8, 4) is 17.2 Å². The number of nitrogens with zero attached hydrogens (tertiary/aromatic N) is 1. The molecule has 0 fully saturated rings. The molecule has 0 aromatic heterocycles. The maximum absolute atomic E-state index is 12.4. The fraction of sp³-hybridized carbons (Fsp3) is 0.263. The standard InChI is InChI=1S/C19H19NO5/c1-23-15-10-12(11-16(24-2)17(15)25-3)8-9-20-18(21)13-6-4-5-7-14(13)19(20)22/h4-7,10-11H,8-9H2,1-3H3. The van der Waals surface area contributed by atoms with Gasteiger partial charge in [-0.05, 0) is 36.2 Å². The van der Waals surface area contributed by atoms with Crippen molar-refractivity contribution in [2.24, 2.45) is 0 Å². The Morgan fingerprint density at radius 3 is 1.80 bits per heavy atom. The molecule has 2 aromatic rings. The van der Waals surface area contributed by atoms with E-state index in [-0.39, 0.29) is 18.4 Å². The first kappa shape index (κ1) is 16.8. The molecule has 0 aliphatic carbocycles. The molecule has 2 aromatic carbocycles. The van der Waals surface area contributed by atoms with Gasteiger partial charge in [-0.3, -0.25) is 14.5 Å². The molecule has 0 bridgehead atoms. The summed E-state index contributed by atoms with van der Waals surface area (Å²) in [6.45, 7) is 0.283. The summed E-state index contributed by atoms with van der Waals surface area (Å²) in [7, 11) is 4.63. The molecule has 0 N–H and O–H groups in total. The average Bonchev–Trinajstić information content (AvgIpc) is 2.89. The first-order valence-corrected chi connectivity index (χ1v) is 7.84. The van der Waals surface area contributed by atoms with Gasteiger partial charge in [-0.1, -0.05) is 12.1 Å². The van der Waals surface area contributed by atoms with Gasteiger partial charge in [-0.2, -0.15) is 0 Å². The quantitative estimate of drug-likeness (QED) is 0.756. The van der Waals surface area contributed by atoms with E-state index in [0.29, 0.717) is 34.8 Å². The molecule has 0 saturated heterocycles. The maximum atomic E-state index is 12.4. The highest BCUT2D eigenvalue weighted by Gasteiger charge is 2.34. The van der Waals surface area contributed by atoms with Crippen LogP contribution in [0, 0.1) is 0 Å². The predicted molar refractivity (Wildman–Crippen MR) is 91.6 cm³/mol. The Morgan fingerprint density at radius 1 is 0.840 bits per heavy atom. The molecular formula is C19H19NO5. The van der Waals surface area contributed by atoms with E-state index in [0.717, 1.165) is 5.56 Å². The number of fused-ring (bicyclic) bond motifs is 1.